The summed E-state index contributed by atoms with van der Waals surface area (Å²) in [5.41, 5.74) is 1.65. The van der Waals surface area contributed by atoms with Gasteiger partial charge in [0.2, 0.25) is 0 Å². The van der Waals surface area contributed by atoms with Crippen LogP contribution in [0.15, 0.2) is 29.2 Å². The van der Waals surface area contributed by atoms with E-state index in [9.17, 15) is 0 Å². The molecule has 0 spiro atoms. The van der Waals surface area contributed by atoms with Crippen LogP contribution in [0, 0.1) is 0 Å². The van der Waals surface area contributed by atoms with Crippen molar-refractivity contribution < 1.29 is 0 Å². The van der Waals surface area contributed by atoms with Gasteiger partial charge >= 0.3 is 0 Å². The minimum Gasteiger partial charge on any atom is -0.362 e. The van der Waals surface area contributed by atoms with Gasteiger partial charge in [-0.3, -0.25) is 0 Å². The highest BCUT2D eigenvalue weighted by Crippen LogP contribution is 2.42. The first-order valence-corrected chi connectivity index (χ1v) is 6.52. The number of benzene rings is 1. The summed E-state index contributed by atoms with van der Waals surface area (Å²) in [6, 6.07) is 9.29. The molecule has 82 valence electrons. The van der Waals surface area contributed by atoms with Gasteiger partial charge in [-0.1, -0.05) is 12.1 Å². The van der Waals surface area contributed by atoms with Crippen LogP contribution >= 0.6 is 11.8 Å². The number of hydrogen-bond acceptors (Lipinski definition) is 2. The van der Waals surface area contributed by atoms with Crippen molar-refractivity contribution in [2.45, 2.75) is 44.2 Å². The summed E-state index contributed by atoms with van der Waals surface area (Å²) >= 11 is 1.98. The lowest BCUT2D eigenvalue weighted by Gasteiger charge is -2.47. The van der Waals surface area contributed by atoms with E-state index in [-0.39, 0.29) is 5.54 Å². The average Bonchev–Trinajstić information content (AvgIpc) is 2.15. The molecular weight excluding hydrogens is 202 g/mol. The van der Waals surface area contributed by atoms with Gasteiger partial charge < -0.3 is 4.90 Å². The number of hydrogen-bond donors (Lipinski definition) is 0. The van der Waals surface area contributed by atoms with E-state index in [0.717, 1.165) is 0 Å². The van der Waals surface area contributed by atoms with Gasteiger partial charge in [0.1, 0.15) is 0 Å². The molecule has 1 aromatic carbocycles. The number of nitrogens with zero attached hydrogens (tertiary/aromatic N) is 1. The molecule has 0 saturated heterocycles. The second-order valence-electron chi connectivity index (χ2n) is 5.03. The van der Waals surface area contributed by atoms with Gasteiger partial charge in [0.05, 0.1) is 5.69 Å². The van der Waals surface area contributed by atoms with E-state index < -0.39 is 0 Å². The van der Waals surface area contributed by atoms with Crippen molar-refractivity contribution in [1.82, 2.24) is 0 Å². The first kappa shape index (κ1) is 10.9. The molecule has 0 saturated carbocycles. The zero-order valence-corrected chi connectivity index (χ0v) is 10.8. The predicted octanol–water partition coefficient (Wildman–Crippen LogP) is 3.79. The molecule has 15 heavy (non-hydrogen) atoms. The molecule has 1 nitrogen and oxygen atoms in total. The van der Waals surface area contributed by atoms with Crippen molar-refractivity contribution in [3.63, 3.8) is 0 Å². The van der Waals surface area contributed by atoms with Crippen LogP contribution in [0.4, 0.5) is 5.69 Å². The van der Waals surface area contributed by atoms with Crippen LogP contribution in [-0.2, 0) is 0 Å². The summed E-state index contributed by atoms with van der Waals surface area (Å²) in [6.07, 6.45) is 0. The van der Waals surface area contributed by atoms with Gasteiger partial charge in [-0.05, 0) is 39.8 Å². The van der Waals surface area contributed by atoms with E-state index in [2.05, 4.69) is 56.9 Å². The Morgan fingerprint density at radius 1 is 1.27 bits per heavy atom. The quantitative estimate of drug-likeness (QED) is 0.710. The molecule has 2 rings (SSSR count). The van der Waals surface area contributed by atoms with Gasteiger partial charge in [-0.15, -0.1) is 11.8 Å². The minimum absolute atomic E-state index is 0.257. The molecule has 0 atom stereocenters. The van der Waals surface area contributed by atoms with Crippen molar-refractivity contribution in [3.05, 3.63) is 24.3 Å². The van der Waals surface area contributed by atoms with Crippen molar-refractivity contribution in [2.24, 2.45) is 0 Å². The third-order valence-corrected chi connectivity index (χ3v) is 4.38. The summed E-state index contributed by atoms with van der Waals surface area (Å²) < 4.78 is 0. The Bertz CT molecular complexity index is 357. The van der Waals surface area contributed by atoms with Crippen LogP contribution < -0.4 is 4.90 Å². The molecule has 1 aromatic rings. The highest BCUT2D eigenvalue weighted by atomic mass is 32.2. The van der Waals surface area contributed by atoms with E-state index in [4.69, 9.17) is 0 Å². The monoisotopic (exact) mass is 221 g/mol. The van der Waals surface area contributed by atoms with Gasteiger partial charge in [0.15, 0.2) is 0 Å². The maximum Gasteiger partial charge on any atom is 0.0511 e. The molecular formula is C13H19NS. The number of anilines is 1. The molecule has 0 aliphatic carbocycles. The molecule has 0 N–H and O–H groups in total. The Kier molecular flexibility index (Phi) is 2.72. The number of thioether (sulfide) groups is 1. The highest BCUT2D eigenvalue weighted by Gasteiger charge is 2.34. The smallest absolute Gasteiger partial charge is 0.0511 e. The normalized spacial score (nSPS) is 19.1. The standard InChI is InChI=1S/C13H19NS/c1-10(2)14-11-7-5-6-8-12(11)15-9-13(14,3)4/h5-8,10H,9H2,1-4H3. The lowest BCUT2D eigenvalue weighted by molar-refractivity contribution is 0.464. The van der Waals surface area contributed by atoms with Crippen molar-refractivity contribution >= 4 is 17.4 Å². The zero-order valence-electron chi connectivity index (χ0n) is 9.95. The topological polar surface area (TPSA) is 3.24 Å². The molecule has 0 radical (unpaired) electrons. The molecule has 1 heterocycles. The lowest BCUT2D eigenvalue weighted by Crippen LogP contribution is -2.52. The van der Waals surface area contributed by atoms with Crippen LogP contribution in [0.25, 0.3) is 0 Å². The number of rotatable bonds is 1. The summed E-state index contributed by atoms with van der Waals surface area (Å²) in [4.78, 5) is 3.96. The van der Waals surface area contributed by atoms with E-state index >= 15 is 0 Å². The van der Waals surface area contributed by atoms with Gasteiger partial charge in [-0.2, -0.15) is 0 Å². The lowest BCUT2D eigenvalue weighted by atomic mass is 10.0. The van der Waals surface area contributed by atoms with E-state index in [0.29, 0.717) is 6.04 Å². The Labute approximate surface area is 96.9 Å². The first-order valence-electron chi connectivity index (χ1n) is 5.53. The van der Waals surface area contributed by atoms with Crippen LogP contribution in [-0.4, -0.2) is 17.3 Å². The largest absolute Gasteiger partial charge is 0.362 e. The van der Waals surface area contributed by atoms with Gasteiger partial charge in [-0.25, -0.2) is 0 Å². The molecule has 1 aliphatic rings. The molecule has 2 heteroatoms. The van der Waals surface area contributed by atoms with Crippen LogP contribution in [0.1, 0.15) is 27.7 Å². The van der Waals surface area contributed by atoms with E-state index in [1.54, 1.807) is 0 Å². The number of para-hydroxylation sites is 1. The van der Waals surface area contributed by atoms with Crippen LogP contribution in [0.3, 0.4) is 0 Å². The van der Waals surface area contributed by atoms with Crippen molar-refractivity contribution in [1.29, 1.82) is 0 Å². The third kappa shape index (κ3) is 1.87. The van der Waals surface area contributed by atoms with Crippen molar-refractivity contribution in [3.8, 4) is 0 Å². The van der Waals surface area contributed by atoms with E-state index in [1.165, 1.54) is 16.3 Å². The minimum atomic E-state index is 0.257. The molecule has 0 amide bonds. The van der Waals surface area contributed by atoms with Gasteiger partial charge in [0, 0.05) is 22.2 Å². The highest BCUT2D eigenvalue weighted by molar-refractivity contribution is 7.99. The maximum absolute atomic E-state index is 2.54. The first-order chi connectivity index (χ1) is 7.02. The Balaban J connectivity index is 2.48. The summed E-state index contributed by atoms with van der Waals surface area (Å²) in [6.45, 7) is 9.20. The zero-order chi connectivity index (χ0) is 11.1. The fraction of sp³-hybridized carbons (Fsp3) is 0.538. The average molecular weight is 221 g/mol. The van der Waals surface area contributed by atoms with Gasteiger partial charge in [0.25, 0.3) is 0 Å². The molecule has 1 aliphatic heterocycles. The molecule has 0 fully saturated rings. The number of fused-ring (bicyclic) bond motifs is 1. The van der Waals surface area contributed by atoms with Crippen molar-refractivity contribution in [2.75, 3.05) is 10.7 Å². The summed E-state index contributed by atoms with van der Waals surface area (Å²) in [5.74, 6) is 1.17. The molecule has 0 aromatic heterocycles. The van der Waals surface area contributed by atoms with Crippen LogP contribution in [0.2, 0.25) is 0 Å². The Morgan fingerprint density at radius 2 is 1.93 bits per heavy atom. The fourth-order valence-electron chi connectivity index (χ4n) is 2.41. The Morgan fingerprint density at radius 3 is 2.60 bits per heavy atom. The summed E-state index contributed by atoms with van der Waals surface area (Å²) in [5, 5.41) is 0. The third-order valence-electron chi connectivity index (χ3n) is 2.87. The SMILES string of the molecule is CC(C)N1c2ccccc2SCC1(C)C. The Hall–Kier alpha value is -0.630. The molecule has 0 bridgehead atoms. The summed E-state index contributed by atoms with van der Waals surface area (Å²) in [7, 11) is 0. The van der Waals surface area contributed by atoms with E-state index in [1.807, 2.05) is 11.8 Å². The van der Waals surface area contributed by atoms with Crippen LogP contribution in [0.5, 0.6) is 0 Å². The molecule has 0 unspecified atom stereocenters. The maximum atomic E-state index is 2.54. The second kappa shape index (κ2) is 3.75. The fourth-order valence-corrected chi connectivity index (χ4v) is 3.54. The second-order valence-corrected chi connectivity index (χ2v) is 6.05. The predicted molar refractivity (Wildman–Crippen MR) is 68.9 cm³/mol.